The Hall–Kier alpha value is -5.37. The molecule has 4 aliphatic heterocycles. The molecule has 18 nitrogen and oxygen atoms in total. The zero-order valence-corrected chi connectivity index (χ0v) is 31.8. The van der Waals surface area contributed by atoms with Crippen molar-refractivity contribution < 1.29 is 57.4 Å². The van der Waals surface area contributed by atoms with Gasteiger partial charge in [0, 0.05) is 28.6 Å². The van der Waals surface area contributed by atoms with Gasteiger partial charge in [-0.05, 0) is 63.1 Å². The van der Waals surface area contributed by atoms with Crippen molar-refractivity contribution in [2.45, 2.75) is 92.1 Å². The first-order valence-electron chi connectivity index (χ1n) is 17.0. The van der Waals surface area contributed by atoms with E-state index in [1.807, 2.05) is 13.8 Å². The Morgan fingerprint density at radius 2 is 1.49 bits per heavy atom. The Labute approximate surface area is 322 Å². The average molecular weight is 800 g/mol. The number of hydrogen-bond donors (Lipinski definition) is 2. The molecule has 20 heteroatoms. The first-order valence-corrected chi connectivity index (χ1v) is 18.7. The van der Waals surface area contributed by atoms with Crippen LogP contribution in [0.2, 0.25) is 0 Å². The van der Waals surface area contributed by atoms with E-state index in [-0.39, 0.29) is 34.9 Å². The summed E-state index contributed by atoms with van der Waals surface area (Å²) in [5, 5.41) is 15.3. The smallest absolute Gasteiger partial charge is 0.408 e. The fourth-order valence-electron chi connectivity index (χ4n) is 6.84. The third-order valence-corrected chi connectivity index (χ3v) is 12.5. The normalized spacial score (nSPS) is 24.6. The first kappa shape index (κ1) is 39.3. The Morgan fingerprint density at radius 3 is 2.07 bits per heavy atom. The molecule has 0 bridgehead atoms. The van der Waals surface area contributed by atoms with Crippen LogP contribution in [0.15, 0.2) is 48.5 Å². The Morgan fingerprint density at radius 1 is 0.891 bits per heavy atom. The van der Waals surface area contributed by atoms with E-state index in [0.717, 1.165) is 0 Å². The van der Waals surface area contributed by atoms with E-state index in [1.54, 1.807) is 13.8 Å². The molecule has 55 heavy (non-hydrogen) atoms. The van der Waals surface area contributed by atoms with Crippen molar-refractivity contribution in [3.8, 4) is 5.75 Å². The summed E-state index contributed by atoms with van der Waals surface area (Å²) in [6.45, 7) is 7.33. The van der Waals surface area contributed by atoms with Crippen LogP contribution in [0.1, 0.15) is 58.2 Å². The number of carbonyl (C=O) groups is 7. The summed E-state index contributed by atoms with van der Waals surface area (Å²) in [6, 6.07) is 6.58. The Balaban J connectivity index is 1.09. The lowest BCUT2D eigenvalue weighted by Crippen LogP contribution is -2.71. The van der Waals surface area contributed by atoms with Crippen molar-refractivity contribution >= 4 is 70.9 Å². The number of amides is 4. The maximum absolute atomic E-state index is 13.8. The van der Waals surface area contributed by atoms with Gasteiger partial charge in [-0.2, -0.15) is 0 Å². The van der Waals surface area contributed by atoms with Gasteiger partial charge in [-0.25, -0.2) is 14.4 Å². The standard InChI is InChI=1S/C35H37N5O13S2/c1-17(41)53-21-12-8-19(9-13-21)24(37-33(47)50-15-18-6-10-20(11-7-18)40(48)49)28(43)36-25-29(44)39-27(35(4,5)55-30(25)39)32(46)52-16-51-31(45)26-34(2,3)54-23-14-22(42)38(23)26/h6-13,23-27,30H,14-16H2,1-5H3,(H,36,43)(H,37,47)/t23-,24?,25-,26+,27+,30-/m1/s1. The van der Waals surface area contributed by atoms with Crippen LogP contribution in [-0.4, -0.2) is 102 Å². The molecule has 2 aromatic rings. The second-order valence-corrected chi connectivity index (χ2v) is 17.7. The number of thioether (sulfide) groups is 2. The summed E-state index contributed by atoms with van der Waals surface area (Å²) < 4.78 is 19.4. The second kappa shape index (κ2) is 15.0. The second-order valence-electron chi connectivity index (χ2n) is 14.1. The van der Waals surface area contributed by atoms with Gasteiger partial charge in [0.2, 0.25) is 24.5 Å². The number of nitrogens with one attached hydrogen (secondary N) is 2. The maximum atomic E-state index is 13.8. The first-order chi connectivity index (χ1) is 25.9. The van der Waals surface area contributed by atoms with Crippen LogP contribution in [0.4, 0.5) is 10.5 Å². The zero-order valence-electron chi connectivity index (χ0n) is 30.2. The molecule has 0 spiro atoms. The molecule has 0 saturated carbocycles. The summed E-state index contributed by atoms with van der Waals surface area (Å²) in [5.41, 5.74) is 0.539. The van der Waals surface area contributed by atoms with Crippen molar-refractivity contribution in [3.05, 3.63) is 69.8 Å². The van der Waals surface area contributed by atoms with Crippen molar-refractivity contribution in [2.75, 3.05) is 6.79 Å². The van der Waals surface area contributed by atoms with Crippen LogP contribution in [0.5, 0.6) is 5.75 Å². The van der Waals surface area contributed by atoms with Gasteiger partial charge in [-0.1, -0.05) is 12.1 Å². The lowest BCUT2D eigenvalue weighted by atomic mass is 9.95. The highest BCUT2D eigenvalue weighted by Crippen LogP contribution is 2.52. The largest absolute Gasteiger partial charge is 0.445 e. The molecule has 4 fully saturated rings. The zero-order chi connectivity index (χ0) is 40.0. The predicted octanol–water partition coefficient (Wildman–Crippen LogP) is 2.53. The van der Waals surface area contributed by atoms with Gasteiger partial charge in [0.15, 0.2) is 0 Å². The number of ether oxygens (including phenoxy) is 4. The monoisotopic (exact) mass is 799 g/mol. The molecule has 2 N–H and O–H groups in total. The molecule has 4 aliphatic rings. The topological polar surface area (TPSA) is 230 Å². The fourth-order valence-corrected chi connectivity index (χ4v) is 10.1. The molecule has 0 radical (unpaired) electrons. The van der Waals surface area contributed by atoms with Crippen molar-refractivity contribution in [3.63, 3.8) is 0 Å². The van der Waals surface area contributed by atoms with E-state index in [9.17, 15) is 43.7 Å². The van der Waals surface area contributed by atoms with E-state index in [4.69, 9.17) is 18.9 Å². The molecular formula is C35H37N5O13S2. The number of nitro benzene ring substituents is 1. The molecule has 1 unspecified atom stereocenters. The summed E-state index contributed by atoms with van der Waals surface area (Å²) in [7, 11) is 0. The van der Waals surface area contributed by atoms with E-state index in [1.165, 1.54) is 88.8 Å². The minimum absolute atomic E-state index is 0.107. The molecule has 0 aliphatic carbocycles. The molecule has 6 rings (SSSR count). The van der Waals surface area contributed by atoms with E-state index in [0.29, 0.717) is 12.0 Å². The van der Waals surface area contributed by atoms with Gasteiger partial charge >= 0.3 is 24.0 Å². The predicted molar refractivity (Wildman–Crippen MR) is 193 cm³/mol. The number of nitrogens with zero attached hydrogens (tertiary/aromatic N) is 3. The molecule has 4 amide bonds. The number of fused-ring (bicyclic) bond motifs is 2. The Bertz CT molecular complexity index is 1940. The molecule has 2 aromatic carbocycles. The summed E-state index contributed by atoms with van der Waals surface area (Å²) in [6.07, 6.45) is -0.676. The Kier molecular flexibility index (Phi) is 10.8. The van der Waals surface area contributed by atoms with Crippen LogP contribution in [-0.2, 0) is 49.6 Å². The summed E-state index contributed by atoms with van der Waals surface area (Å²) in [4.78, 5) is 103. The molecule has 6 atom stereocenters. The van der Waals surface area contributed by atoms with Gasteiger partial charge in [-0.15, -0.1) is 23.5 Å². The summed E-state index contributed by atoms with van der Waals surface area (Å²) >= 11 is 2.74. The number of esters is 3. The van der Waals surface area contributed by atoms with E-state index >= 15 is 0 Å². The molecule has 4 heterocycles. The average Bonchev–Trinajstić information content (AvgIpc) is 3.51. The quantitative estimate of drug-likeness (QED) is 0.0785. The fraction of sp³-hybridized carbons (Fsp3) is 0.457. The highest BCUT2D eigenvalue weighted by atomic mass is 32.2. The van der Waals surface area contributed by atoms with Gasteiger partial charge in [0.1, 0.15) is 41.9 Å². The lowest BCUT2D eigenvalue weighted by molar-refractivity contribution is -0.384. The SMILES string of the molecule is CC(=O)Oc1ccc(C(NC(=O)OCc2ccc([N+](=O)[O-])cc2)C(=O)N[C@@H]2C(=O)N3[C@@H]2SC(C)(C)[C@@H]3C(=O)OCOC(=O)[C@@H]2N3C(=O)C[C@H]3SC2(C)C)cc1. The highest BCUT2D eigenvalue weighted by molar-refractivity contribution is 8.02. The number of alkyl carbamates (subject to hydrolysis) is 1. The van der Waals surface area contributed by atoms with Crippen LogP contribution < -0.4 is 15.4 Å². The molecular weight excluding hydrogens is 763 g/mol. The molecule has 0 aromatic heterocycles. The number of nitro groups is 1. The number of hydrogen-bond acceptors (Lipinski definition) is 15. The number of benzene rings is 2. The van der Waals surface area contributed by atoms with Gasteiger partial charge in [0.25, 0.3) is 5.69 Å². The van der Waals surface area contributed by atoms with Gasteiger partial charge in [-0.3, -0.25) is 29.3 Å². The number of carbonyl (C=O) groups excluding carboxylic acids is 7. The van der Waals surface area contributed by atoms with Gasteiger partial charge < -0.3 is 39.4 Å². The lowest BCUT2D eigenvalue weighted by Gasteiger charge is -2.44. The maximum Gasteiger partial charge on any atom is 0.408 e. The van der Waals surface area contributed by atoms with Crippen LogP contribution in [0.25, 0.3) is 0 Å². The van der Waals surface area contributed by atoms with E-state index in [2.05, 4.69) is 10.6 Å². The highest BCUT2D eigenvalue weighted by Gasteiger charge is 2.65. The molecule has 292 valence electrons. The number of β-lactam (4-membered cyclic amide) rings is 2. The van der Waals surface area contributed by atoms with Crippen molar-refractivity contribution in [1.82, 2.24) is 20.4 Å². The third kappa shape index (κ3) is 7.91. The molecule has 4 saturated heterocycles. The van der Waals surface area contributed by atoms with Crippen LogP contribution >= 0.6 is 23.5 Å². The van der Waals surface area contributed by atoms with Crippen molar-refractivity contribution in [2.24, 2.45) is 0 Å². The minimum Gasteiger partial charge on any atom is -0.445 e. The number of rotatable bonds is 12. The van der Waals surface area contributed by atoms with Crippen molar-refractivity contribution in [1.29, 1.82) is 0 Å². The minimum atomic E-state index is -1.41. The number of non-ortho nitro benzene ring substituents is 1. The summed E-state index contributed by atoms with van der Waals surface area (Å²) in [5.74, 6) is -3.47. The third-order valence-electron chi connectivity index (χ3n) is 9.43. The van der Waals surface area contributed by atoms with E-state index < -0.39 is 86.6 Å². The van der Waals surface area contributed by atoms with Gasteiger partial charge in [0.05, 0.1) is 16.7 Å². The van der Waals surface area contributed by atoms with Crippen LogP contribution in [0.3, 0.4) is 0 Å². The van der Waals surface area contributed by atoms with Crippen LogP contribution in [0, 0.1) is 10.1 Å².